The van der Waals surface area contributed by atoms with Crippen LogP contribution in [-0.4, -0.2) is 47.9 Å². The maximum Gasteiger partial charge on any atom is 0.290 e. The standard InChI is InChI=1S/C15H17N3O4/c1-16-13(20)10-11(14(21)17-2)18(15(22)12(10)19)8-9-6-4-3-5-7-9/h3-7,11,19H,8H2,1-2H3,(H,16,20)(H,17,21)/t11-/m0/s1. The first-order valence-corrected chi connectivity index (χ1v) is 6.73. The molecule has 0 bridgehead atoms. The van der Waals surface area contributed by atoms with Gasteiger partial charge in [0, 0.05) is 20.6 Å². The molecule has 1 atom stereocenters. The van der Waals surface area contributed by atoms with Gasteiger partial charge in [-0.3, -0.25) is 14.4 Å². The molecule has 0 saturated heterocycles. The van der Waals surface area contributed by atoms with E-state index in [0.29, 0.717) is 0 Å². The highest BCUT2D eigenvalue weighted by molar-refractivity contribution is 6.13. The lowest BCUT2D eigenvalue weighted by molar-refractivity contribution is -0.136. The second-order valence-electron chi connectivity index (χ2n) is 4.78. The molecular weight excluding hydrogens is 286 g/mol. The highest BCUT2D eigenvalue weighted by Gasteiger charge is 2.46. The lowest BCUT2D eigenvalue weighted by Gasteiger charge is -2.24. The lowest BCUT2D eigenvalue weighted by atomic mass is 10.1. The number of carbonyl (C=O) groups excluding carboxylic acids is 3. The average Bonchev–Trinajstić information content (AvgIpc) is 2.79. The Bertz CT molecular complexity index is 639. The van der Waals surface area contributed by atoms with Crippen LogP contribution in [0.3, 0.4) is 0 Å². The van der Waals surface area contributed by atoms with Crippen molar-refractivity contribution in [1.29, 1.82) is 0 Å². The summed E-state index contributed by atoms with van der Waals surface area (Å²) >= 11 is 0. The maximum atomic E-state index is 12.2. The summed E-state index contributed by atoms with van der Waals surface area (Å²) in [4.78, 5) is 37.4. The van der Waals surface area contributed by atoms with E-state index >= 15 is 0 Å². The van der Waals surface area contributed by atoms with Crippen LogP contribution < -0.4 is 10.6 Å². The van der Waals surface area contributed by atoms with Gasteiger partial charge in [0.1, 0.15) is 6.04 Å². The average molecular weight is 303 g/mol. The van der Waals surface area contributed by atoms with Crippen molar-refractivity contribution in [1.82, 2.24) is 15.5 Å². The number of rotatable bonds is 4. The van der Waals surface area contributed by atoms with Crippen molar-refractivity contribution in [3.63, 3.8) is 0 Å². The zero-order valence-corrected chi connectivity index (χ0v) is 12.3. The number of benzene rings is 1. The first kappa shape index (κ1) is 15.6. The molecule has 7 heteroatoms. The van der Waals surface area contributed by atoms with Gasteiger partial charge in [-0.25, -0.2) is 0 Å². The number of aliphatic hydroxyl groups is 1. The fourth-order valence-electron chi connectivity index (χ4n) is 2.37. The molecule has 3 N–H and O–H groups in total. The lowest BCUT2D eigenvalue weighted by Crippen LogP contribution is -2.47. The molecule has 0 spiro atoms. The van der Waals surface area contributed by atoms with Crippen LogP contribution in [0.2, 0.25) is 0 Å². The van der Waals surface area contributed by atoms with Gasteiger partial charge in [-0.05, 0) is 5.56 Å². The van der Waals surface area contributed by atoms with E-state index in [4.69, 9.17) is 0 Å². The normalized spacial score (nSPS) is 17.6. The number of nitrogens with zero attached hydrogens (tertiary/aromatic N) is 1. The minimum absolute atomic E-state index is 0.113. The Kier molecular flexibility index (Phi) is 4.45. The Morgan fingerprint density at radius 1 is 1.18 bits per heavy atom. The summed E-state index contributed by atoms with van der Waals surface area (Å²) in [6.07, 6.45) is 0. The molecule has 0 unspecified atom stereocenters. The molecule has 0 aromatic heterocycles. The zero-order valence-electron chi connectivity index (χ0n) is 12.3. The second-order valence-corrected chi connectivity index (χ2v) is 4.78. The van der Waals surface area contributed by atoms with Crippen LogP contribution >= 0.6 is 0 Å². The molecule has 22 heavy (non-hydrogen) atoms. The van der Waals surface area contributed by atoms with Gasteiger partial charge < -0.3 is 20.6 Å². The molecule has 0 fully saturated rings. The Morgan fingerprint density at radius 3 is 2.36 bits per heavy atom. The molecule has 0 radical (unpaired) electrons. The summed E-state index contributed by atoms with van der Waals surface area (Å²) < 4.78 is 0. The first-order valence-electron chi connectivity index (χ1n) is 6.73. The van der Waals surface area contributed by atoms with Crippen molar-refractivity contribution >= 4 is 17.7 Å². The summed E-state index contributed by atoms with van der Waals surface area (Å²) in [5.41, 5.74) is 0.554. The van der Waals surface area contributed by atoms with E-state index in [1.807, 2.05) is 6.07 Å². The van der Waals surface area contributed by atoms with Crippen molar-refractivity contribution in [3.8, 4) is 0 Å². The number of nitrogens with one attached hydrogen (secondary N) is 2. The van der Waals surface area contributed by atoms with Gasteiger partial charge in [0.2, 0.25) is 5.91 Å². The third-order valence-electron chi connectivity index (χ3n) is 3.47. The summed E-state index contributed by atoms with van der Waals surface area (Å²) in [5.74, 6) is -2.62. The molecule has 1 aliphatic heterocycles. The summed E-state index contributed by atoms with van der Waals surface area (Å²) in [5, 5.41) is 14.7. The summed E-state index contributed by atoms with van der Waals surface area (Å²) in [7, 11) is 2.78. The van der Waals surface area contributed by atoms with Gasteiger partial charge >= 0.3 is 0 Å². The van der Waals surface area contributed by atoms with Crippen LogP contribution in [0.15, 0.2) is 41.7 Å². The highest BCUT2D eigenvalue weighted by atomic mass is 16.3. The maximum absolute atomic E-state index is 12.2. The quantitative estimate of drug-likeness (QED) is 0.711. The van der Waals surface area contributed by atoms with Crippen molar-refractivity contribution in [2.24, 2.45) is 0 Å². The SMILES string of the molecule is CNC(=O)C1=C(O)C(=O)N(Cc2ccccc2)[C@@H]1C(=O)NC. The first-order chi connectivity index (χ1) is 10.5. The third-order valence-corrected chi connectivity index (χ3v) is 3.47. The van der Waals surface area contributed by atoms with E-state index in [1.165, 1.54) is 19.0 Å². The van der Waals surface area contributed by atoms with Gasteiger partial charge in [-0.2, -0.15) is 0 Å². The van der Waals surface area contributed by atoms with Gasteiger partial charge in [-0.1, -0.05) is 30.3 Å². The minimum atomic E-state index is -1.15. The fourth-order valence-corrected chi connectivity index (χ4v) is 2.37. The Labute approximate surface area is 127 Å². The Morgan fingerprint density at radius 2 is 1.82 bits per heavy atom. The summed E-state index contributed by atoms with van der Waals surface area (Å²) in [6, 6.07) is 7.87. The van der Waals surface area contributed by atoms with Crippen LogP contribution in [0.25, 0.3) is 0 Å². The van der Waals surface area contributed by atoms with E-state index < -0.39 is 29.5 Å². The molecule has 7 nitrogen and oxygen atoms in total. The number of hydrogen-bond donors (Lipinski definition) is 3. The monoisotopic (exact) mass is 303 g/mol. The van der Waals surface area contributed by atoms with Gasteiger partial charge in [0.05, 0.1) is 5.57 Å². The van der Waals surface area contributed by atoms with Crippen LogP contribution in [0.5, 0.6) is 0 Å². The van der Waals surface area contributed by atoms with Crippen molar-refractivity contribution < 1.29 is 19.5 Å². The van der Waals surface area contributed by atoms with Crippen molar-refractivity contribution in [2.45, 2.75) is 12.6 Å². The number of hydrogen-bond acceptors (Lipinski definition) is 4. The van der Waals surface area contributed by atoms with Crippen LogP contribution in [0.4, 0.5) is 0 Å². The van der Waals surface area contributed by atoms with E-state index in [2.05, 4.69) is 10.6 Å². The predicted octanol–water partition coefficient (Wildman–Crippen LogP) is -0.299. The minimum Gasteiger partial charge on any atom is -0.503 e. The largest absolute Gasteiger partial charge is 0.503 e. The second kappa shape index (κ2) is 6.30. The molecular formula is C15H17N3O4. The molecule has 0 aliphatic carbocycles. The molecule has 1 aromatic rings. The smallest absolute Gasteiger partial charge is 0.290 e. The third kappa shape index (κ3) is 2.65. The molecule has 1 aliphatic rings. The molecule has 1 heterocycles. The van der Waals surface area contributed by atoms with E-state index in [1.54, 1.807) is 24.3 Å². The predicted molar refractivity (Wildman–Crippen MR) is 78.6 cm³/mol. The van der Waals surface area contributed by atoms with Crippen molar-refractivity contribution in [3.05, 3.63) is 47.2 Å². The van der Waals surface area contributed by atoms with E-state index in [0.717, 1.165) is 5.56 Å². The van der Waals surface area contributed by atoms with Crippen LogP contribution in [0, 0.1) is 0 Å². The van der Waals surface area contributed by atoms with Crippen molar-refractivity contribution in [2.75, 3.05) is 14.1 Å². The molecule has 116 valence electrons. The summed E-state index contributed by atoms with van der Waals surface area (Å²) in [6.45, 7) is 0.113. The fraction of sp³-hybridized carbons (Fsp3) is 0.267. The van der Waals surface area contributed by atoms with Gasteiger partial charge in [0.25, 0.3) is 11.8 Å². The number of amides is 3. The van der Waals surface area contributed by atoms with Crippen LogP contribution in [-0.2, 0) is 20.9 Å². The van der Waals surface area contributed by atoms with Gasteiger partial charge in [0.15, 0.2) is 5.76 Å². The zero-order chi connectivity index (χ0) is 16.3. The number of likely N-dealkylation sites (N-methyl/N-ethyl adjacent to an activating group) is 2. The topological polar surface area (TPSA) is 98.7 Å². The van der Waals surface area contributed by atoms with E-state index in [-0.39, 0.29) is 12.1 Å². The molecule has 3 amide bonds. The number of carbonyl (C=O) groups is 3. The number of aliphatic hydroxyl groups excluding tert-OH is 1. The highest BCUT2D eigenvalue weighted by Crippen LogP contribution is 2.27. The van der Waals surface area contributed by atoms with Gasteiger partial charge in [-0.15, -0.1) is 0 Å². The molecule has 1 aromatic carbocycles. The molecule has 2 rings (SSSR count). The van der Waals surface area contributed by atoms with Crippen LogP contribution in [0.1, 0.15) is 5.56 Å². The molecule has 0 saturated carbocycles. The Hall–Kier alpha value is -2.83. The Balaban J connectivity index is 2.39. The van der Waals surface area contributed by atoms with E-state index in [9.17, 15) is 19.5 Å².